The Morgan fingerprint density at radius 3 is 1.93 bits per heavy atom. The number of thiol groups is 1. The lowest BCUT2D eigenvalue weighted by molar-refractivity contribution is -0.132. The van der Waals surface area contributed by atoms with Crippen molar-refractivity contribution in [1.82, 2.24) is 4.31 Å². The van der Waals surface area contributed by atoms with Crippen LogP contribution in [0.3, 0.4) is 0 Å². The third-order valence-corrected chi connectivity index (χ3v) is 3.48. The highest BCUT2D eigenvalue weighted by Crippen LogP contribution is 2.17. The maximum Gasteiger partial charge on any atom is 0.385 e. The molecule has 1 fully saturated rings. The molecule has 0 aromatic rings. The molecule has 0 unspecified atom stereocenters. The van der Waals surface area contributed by atoms with E-state index in [1.54, 1.807) is 0 Å². The van der Waals surface area contributed by atoms with Gasteiger partial charge < -0.3 is 0 Å². The number of carbonyl (C=O) groups is 2. The van der Waals surface area contributed by atoms with Crippen LogP contribution in [0.2, 0.25) is 0 Å². The van der Waals surface area contributed by atoms with Gasteiger partial charge in [0.15, 0.2) is 0 Å². The van der Waals surface area contributed by atoms with Crippen LogP contribution in [0.15, 0.2) is 0 Å². The summed E-state index contributed by atoms with van der Waals surface area (Å²) in [6.45, 7) is 0. The van der Waals surface area contributed by atoms with Gasteiger partial charge in [0.25, 0.3) is 11.0 Å². The lowest BCUT2D eigenvalue weighted by atomic mass is 10.4. The number of imide groups is 1. The van der Waals surface area contributed by atoms with Crippen LogP contribution in [-0.2, 0) is 34.5 Å². The summed E-state index contributed by atoms with van der Waals surface area (Å²) in [7, 11) is -8.50. The van der Waals surface area contributed by atoms with Gasteiger partial charge in [-0.25, -0.2) is 8.42 Å². The topological polar surface area (TPSA) is 115 Å². The monoisotopic (exact) mass is 243 g/mol. The van der Waals surface area contributed by atoms with Gasteiger partial charge in [-0.1, -0.05) is 0 Å². The minimum Gasteiger partial charge on any atom is -0.273 e. The second-order valence-corrected chi connectivity index (χ2v) is 4.57. The van der Waals surface area contributed by atoms with Crippen LogP contribution in [-0.4, -0.2) is 33.0 Å². The Hall–Kier alpha value is -1.00. The van der Waals surface area contributed by atoms with E-state index < -0.39 is 33.1 Å². The SMILES string of the molecule is O=C1CCC(=O)N1S(=O)(=O)O[SH](=O)=O. The molecule has 8 nitrogen and oxygen atoms in total. The molecular weight excluding hydrogens is 238 g/mol. The summed E-state index contributed by atoms with van der Waals surface area (Å²) in [4.78, 5) is 21.7. The van der Waals surface area contributed by atoms with Crippen LogP contribution in [0.5, 0.6) is 0 Å². The van der Waals surface area contributed by atoms with Crippen molar-refractivity contribution < 1.29 is 30.1 Å². The lowest BCUT2D eigenvalue weighted by Gasteiger charge is -2.09. The first-order valence-corrected chi connectivity index (χ1v) is 5.75. The largest absolute Gasteiger partial charge is 0.385 e. The van der Waals surface area contributed by atoms with E-state index in [0.717, 1.165) is 0 Å². The normalized spacial score (nSPS) is 18.2. The van der Waals surface area contributed by atoms with Gasteiger partial charge in [-0.05, 0) is 0 Å². The maximum absolute atomic E-state index is 10.9. The highest BCUT2D eigenvalue weighted by molar-refractivity contribution is 7.92. The average molecular weight is 243 g/mol. The number of hydrogen-bond acceptors (Lipinski definition) is 7. The first kappa shape index (κ1) is 11.1. The van der Waals surface area contributed by atoms with E-state index in [-0.39, 0.29) is 17.1 Å². The Morgan fingerprint density at radius 2 is 1.57 bits per heavy atom. The molecule has 1 rings (SSSR count). The van der Waals surface area contributed by atoms with Crippen LogP contribution in [0.25, 0.3) is 0 Å². The predicted octanol–water partition coefficient (Wildman–Crippen LogP) is -2.08. The second-order valence-electron chi connectivity index (χ2n) is 2.31. The zero-order valence-electron chi connectivity index (χ0n) is 6.57. The second kappa shape index (κ2) is 3.63. The molecule has 1 aliphatic rings. The van der Waals surface area contributed by atoms with Gasteiger partial charge in [0.1, 0.15) is 0 Å². The molecule has 14 heavy (non-hydrogen) atoms. The van der Waals surface area contributed by atoms with Crippen molar-refractivity contribution in [2.24, 2.45) is 0 Å². The van der Waals surface area contributed by atoms with Gasteiger partial charge in [0, 0.05) is 12.8 Å². The molecule has 1 heterocycles. The summed E-state index contributed by atoms with van der Waals surface area (Å²) >= 11 is 0. The van der Waals surface area contributed by atoms with Crippen LogP contribution >= 0.6 is 0 Å². The standard InChI is InChI=1S/C4H5NO7S2/c6-3-1-2-4(7)5(3)14(10,11)12-13(8)9/h13H,1-2H2. The Bertz CT molecular complexity index is 422. The molecule has 0 N–H and O–H groups in total. The van der Waals surface area contributed by atoms with Crippen LogP contribution in [0.1, 0.15) is 12.8 Å². The van der Waals surface area contributed by atoms with E-state index in [4.69, 9.17) is 0 Å². The summed E-state index contributed by atoms with van der Waals surface area (Å²) in [6.07, 6.45) is -0.534. The number of amides is 2. The highest BCUT2D eigenvalue weighted by Gasteiger charge is 2.40. The molecule has 0 spiro atoms. The van der Waals surface area contributed by atoms with Gasteiger partial charge >= 0.3 is 10.3 Å². The summed E-state index contributed by atoms with van der Waals surface area (Å²) in [6, 6.07) is 0. The van der Waals surface area contributed by atoms with Crippen molar-refractivity contribution in [3.05, 3.63) is 0 Å². The molecule has 0 aliphatic carbocycles. The van der Waals surface area contributed by atoms with Crippen molar-refractivity contribution in [1.29, 1.82) is 0 Å². The third-order valence-electron chi connectivity index (χ3n) is 1.38. The summed E-state index contributed by atoms with van der Waals surface area (Å²) in [5, 5.41) is 0. The van der Waals surface area contributed by atoms with E-state index in [1.807, 2.05) is 0 Å². The molecule has 80 valence electrons. The Balaban J connectivity index is 3.03. The summed E-state index contributed by atoms with van der Waals surface area (Å²) in [5.74, 6) is -1.99. The van der Waals surface area contributed by atoms with Gasteiger partial charge in [0.05, 0.1) is 0 Å². The number of nitrogens with zero attached hydrogens (tertiary/aromatic N) is 1. The summed E-state index contributed by atoms with van der Waals surface area (Å²) in [5.41, 5.74) is 0. The average Bonchev–Trinajstić information content (AvgIpc) is 2.27. The zero-order valence-corrected chi connectivity index (χ0v) is 8.29. The van der Waals surface area contributed by atoms with E-state index >= 15 is 0 Å². The molecule has 0 saturated carbocycles. The fourth-order valence-electron chi connectivity index (χ4n) is 0.916. The van der Waals surface area contributed by atoms with Gasteiger partial charge in [-0.2, -0.15) is 8.42 Å². The van der Waals surface area contributed by atoms with Crippen LogP contribution in [0.4, 0.5) is 0 Å². The van der Waals surface area contributed by atoms with Crippen molar-refractivity contribution in [2.75, 3.05) is 0 Å². The quantitative estimate of drug-likeness (QED) is 0.447. The Kier molecular flexibility index (Phi) is 2.87. The molecule has 0 aromatic carbocycles. The highest BCUT2D eigenvalue weighted by atomic mass is 32.3. The lowest BCUT2D eigenvalue weighted by Crippen LogP contribution is -2.36. The molecule has 0 atom stereocenters. The Morgan fingerprint density at radius 1 is 1.14 bits per heavy atom. The number of hydrogen-bond donors (Lipinski definition) is 1. The molecule has 0 radical (unpaired) electrons. The first-order chi connectivity index (χ1) is 6.34. The van der Waals surface area contributed by atoms with Gasteiger partial charge in [-0.15, -0.1) is 7.93 Å². The zero-order chi connectivity index (χ0) is 10.9. The van der Waals surface area contributed by atoms with Crippen LogP contribution < -0.4 is 0 Å². The smallest absolute Gasteiger partial charge is 0.273 e. The molecule has 2 amide bonds. The molecule has 1 aliphatic heterocycles. The first-order valence-electron chi connectivity index (χ1n) is 3.29. The number of rotatable bonds is 3. The molecule has 0 bridgehead atoms. The molecule has 1 saturated heterocycles. The van der Waals surface area contributed by atoms with Crippen molar-refractivity contribution in [3.63, 3.8) is 0 Å². The van der Waals surface area contributed by atoms with E-state index in [0.29, 0.717) is 0 Å². The maximum atomic E-state index is 10.9. The Labute approximate surface area is 80.9 Å². The predicted molar refractivity (Wildman–Crippen MR) is 41.4 cm³/mol. The minimum atomic E-state index is -4.82. The molecular formula is C4H5NO7S2. The van der Waals surface area contributed by atoms with Crippen molar-refractivity contribution >= 4 is 33.1 Å². The van der Waals surface area contributed by atoms with E-state index in [2.05, 4.69) is 3.63 Å². The molecule has 0 aromatic heterocycles. The van der Waals surface area contributed by atoms with E-state index in [9.17, 15) is 26.4 Å². The van der Waals surface area contributed by atoms with Gasteiger partial charge in [-0.3, -0.25) is 9.59 Å². The fraction of sp³-hybridized carbons (Fsp3) is 0.500. The molecule has 10 heteroatoms. The van der Waals surface area contributed by atoms with E-state index in [1.165, 1.54) is 0 Å². The van der Waals surface area contributed by atoms with Crippen LogP contribution in [0, 0.1) is 0 Å². The number of carbonyl (C=O) groups excluding carboxylic acids is 2. The van der Waals surface area contributed by atoms with Crippen molar-refractivity contribution in [3.8, 4) is 0 Å². The minimum absolute atomic E-state index is 0.182. The van der Waals surface area contributed by atoms with Crippen molar-refractivity contribution in [2.45, 2.75) is 12.8 Å². The summed E-state index contributed by atoms with van der Waals surface area (Å²) < 4.78 is 45.1. The van der Waals surface area contributed by atoms with Gasteiger partial charge in [0.2, 0.25) is 11.8 Å². The third kappa shape index (κ3) is 2.08. The fourth-order valence-corrected chi connectivity index (χ4v) is 2.48.